The van der Waals surface area contributed by atoms with Gasteiger partial charge in [0, 0.05) is 17.5 Å². The predicted octanol–water partition coefficient (Wildman–Crippen LogP) is 4.18. The van der Waals surface area contributed by atoms with Crippen molar-refractivity contribution in [3.8, 4) is 5.75 Å². The second kappa shape index (κ2) is 11.8. The van der Waals surface area contributed by atoms with E-state index in [4.69, 9.17) is 4.74 Å². The molecule has 0 aliphatic carbocycles. The monoisotopic (exact) mass is 543 g/mol. The minimum Gasteiger partial charge on any atom is -0.497 e. The third-order valence-corrected chi connectivity index (χ3v) is 7.39. The molecule has 0 spiro atoms. The highest BCUT2D eigenvalue weighted by molar-refractivity contribution is 8.00. The van der Waals surface area contributed by atoms with Crippen LogP contribution in [-0.2, 0) is 32.1 Å². The fourth-order valence-electron chi connectivity index (χ4n) is 3.32. The lowest BCUT2D eigenvalue weighted by atomic mass is 10.2. The number of nitrogens with zero attached hydrogens (tertiary/aromatic N) is 2. The molecule has 1 N–H and O–H groups in total. The lowest BCUT2D eigenvalue weighted by molar-refractivity contribution is -0.185. The maximum Gasteiger partial charge on any atom is 0.422 e. The summed E-state index contributed by atoms with van der Waals surface area (Å²) in [4.78, 5) is 42.6. The van der Waals surface area contributed by atoms with Gasteiger partial charge >= 0.3 is 12.1 Å². The molecule has 2 aromatic rings. The number of anilines is 1. The Morgan fingerprint density at radius 3 is 2.56 bits per heavy atom. The van der Waals surface area contributed by atoms with Crippen LogP contribution in [0.3, 0.4) is 0 Å². The Morgan fingerprint density at radius 1 is 1.22 bits per heavy atom. The number of esters is 1. The molecule has 2 heterocycles. The van der Waals surface area contributed by atoms with Gasteiger partial charge in [0.15, 0.2) is 11.7 Å². The topological polar surface area (TPSA) is 97.8 Å². The number of thioether (sulfide) groups is 1. The van der Waals surface area contributed by atoms with Crippen molar-refractivity contribution in [2.75, 3.05) is 24.8 Å². The molecule has 36 heavy (non-hydrogen) atoms. The van der Waals surface area contributed by atoms with Crippen LogP contribution in [0.25, 0.3) is 0 Å². The smallest absolute Gasteiger partial charge is 0.422 e. The molecule has 1 unspecified atom stereocenters. The first-order chi connectivity index (χ1) is 17.0. The largest absolute Gasteiger partial charge is 0.497 e. The summed E-state index contributed by atoms with van der Waals surface area (Å²) in [5.74, 6) is -0.780. The van der Waals surface area contributed by atoms with Crippen LogP contribution in [0.15, 0.2) is 40.8 Å². The Kier molecular flexibility index (Phi) is 9.01. The van der Waals surface area contributed by atoms with E-state index in [2.05, 4.69) is 15.0 Å². The normalized spacial score (nSPS) is 15.9. The third kappa shape index (κ3) is 7.47. The maximum atomic E-state index is 12.8. The van der Waals surface area contributed by atoms with Gasteiger partial charge in [-0.25, -0.2) is 4.98 Å². The summed E-state index contributed by atoms with van der Waals surface area (Å²) in [7, 11) is 1.58. The molecule has 0 fully saturated rings. The third-order valence-electron chi connectivity index (χ3n) is 5.23. The number of methoxy groups -OCH3 is 1. The van der Waals surface area contributed by atoms with Gasteiger partial charge in [-0.05, 0) is 37.1 Å². The van der Waals surface area contributed by atoms with E-state index >= 15 is 0 Å². The minimum absolute atomic E-state index is 0.0320. The van der Waals surface area contributed by atoms with Crippen molar-refractivity contribution in [2.45, 2.75) is 38.4 Å². The number of hydrogen-bond donors (Lipinski definition) is 1. The van der Waals surface area contributed by atoms with Gasteiger partial charge in [-0.3, -0.25) is 14.4 Å². The molecule has 0 saturated carbocycles. The van der Waals surface area contributed by atoms with Crippen molar-refractivity contribution in [3.05, 3.63) is 52.0 Å². The number of carbonyl (C=O) groups excluding carboxylic acids is 3. The van der Waals surface area contributed by atoms with Crippen molar-refractivity contribution in [1.82, 2.24) is 9.88 Å². The van der Waals surface area contributed by atoms with Crippen molar-refractivity contribution in [3.63, 3.8) is 0 Å². The van der Waals surface area contributed by atoms with Gasteiger partial charge in [0.1, 0.15) is 11.1 Å². The zero-order valence-electron chi connectivity index (χ0n) is 19.7. The number of benzene rings is 1. The average Bonchev–Trinajstić information content (AvgIpc) is 3.34. The van der Waals surface area contributed by atoms with Gasteiger partial charge in [-0.15, -0.1) is 23.1 Å². The molecule has 1 aliphatic heterocycles. The standard InChI is InChI=1S/C23H24F3N3O5S2/c1-13-14(2)21(29(20(13)32)9-15-4-6-17(33-3)7-5-15)35-11-18(30)28-22-27-16(10-36-22)8-19(31)34-12-23(24,25)26/h4-7,10,21H,8-9,11-12H2,1-3H3,(H,27,28,30). The molecule has 1 aliphatic rings. The van der Waals surface area contributed by atoms with E-state index in [0.717, 1.165) is 22.5 Å². The molecule has 2 amide bonds. The Morgan fingerprint density at radius 2 is 1.92 bits per heavy atom. The molecule has 3 rings (SSSR count). The maximum absolute atomic E-state index is 12.8. The molecule has 1 aromatic heterocycles. The summed E-state index contributed by atoms with van der Waals surface area (Å²) in [5, 5.41) is 3.96. The molecule has 0 bridgehead atoms. The van der Waals surface area contributed by atoms with Crippen LogP contribution in [0, 0.1) is 0 Å². The zero-order valence-corrected chi connectivity index (χ0v) is 21.3. The highest BCUT2D eigenvalue weighted by Crippen LogP contribution is 2.34. The van der Waals surface area contributed by atoms with Crippen LogP contribution in [0.5, 0.6) is 5.75 Å². The van der Waals surface area contributed by atoms with E-state index in [1.807, 2.05) is 31.2 Å². The van der Waals surface area contributed by atoms with Gasteiger partial charge in [-0.1, -0.05) is 12.1 Å². The molecular formula is C23H24F3N3O5S2. The molecular weight excluding hydrogens is 519 g/mol. The second-order valence-corrected chi connectivity index (χ2v) is 9.82. The van der Waals surface area contributed by atoms with Crippen molar-refractivity contribution >= 4 is 46.0 Å². The predicted molar refractivity (Wildman–Crippen MR) is 130 cm³/mol. The fourth-order valence-corrected chi connectivity index (χ4v) is 5.21. The first-order valence-corrected chi connectivity index (χ1v) is 12.6. The first kappa shape index (κ1) is 27.5. The average molecular weight is 544 g/mol. The van der Waals surface area contributed by atoms with Gasteiger partial charge in [-0.2, -0.15) is 13.2 Å². The van der Waals surface area contributed by atoms with E-state index < -0.39 is 25.2 Å². The van der Waals surface area contributed by atoms with Crippen LogP contribution >= 0.6 is 23.1 Å². The van der Waals surface area contributed by atoms with Crippen LogP contribution < -0.4 is 10.1 Å². The number of rotatable bonds is 10. The Bertz CT molecular complexity index is 1150. The van der Waals surface area contributed by atoms with Crippen LogP contribution in [0.1, 0.15) is 25.1 Å². The summed E-state index contributed by atoms with van der Waals surface area (Å²) < 4.78 is 45.8. The summed E-state index contributed by atoms with van der Waals surface area (Å²) in [6, 6.07) is 7.39. The lowest BCUT2D eigenvalue weighted by Crippen LogP contribution is -2.34. The van der Waals surface area contributed by atoms with Crippen molar-refractivity contribution in [2.24, 2.45) is 0 Å². The van der Waals surface area contributed by atoms with Crippen LogP contribution in [0.2, 0.25) is 0 Å². The number of nitrogens with one attached hydrogen (secondary N) is 1. The second-order valence-electron chi connectivity index (χ2n) is 7.90. The van der Waals surface area contributed by atoms with E-state index in [-0.39, 0.29) is 33.8 Å². The molecule has 1 aromatic carbocycles. The number of carbonyl (C=O) groups is 3. The van der Waals surface area contributed by atoms with Crippen molar-refractivity contribution in [1.29, 1.82) is 0 Å². The number of aromatic nitrogens is 1. The molecule has 0 saturated heterocycles. The van der Waals surface area contributed by atoms with E-state index in [0.29, 0.717) is 17.9 Å². The highest BCUT2D eigenvalue weighted by atomic mass is 32.2. The molecule has 1 atom stereocenters. The SMILES string of the molecule is COc1ccc(CN2C(=O)C(C)=C(C)C2SCC(=O)Nc2nc(CC(=O)OCC(F)(F)F)cs2)cc1. The van der Waals surface area contributed by atoms with Crippen LogP contribution in [0.4, 0.5) is 18.3 Å². The van der Waals surface area contributed by atoms with Crippen LogP contribution in [-0.4, -0.2) is 58.7 Å². The Hall–Kier alpha value is -3.06. The number of amides is 2. The molecule has 13 heteroatoms. The van der Waals surface area contributed by atoms with Gasteiger partial charge in [0.2, 0.25) is 5.91 Å². The summed E-state index contributed by atoms with van der Waals surface area (Å²) in [5.41, 5.74) is 2.63. The number of hydrogen-bond acceptors (Lipinski definition) is 8. The number of thiazole rings is 1. The fraction of sp³-hybridized carbons (Fsp3) is 0.391. The van der Waals surface area contributed by atoms with E-state index in [1.165, 1.54) is 17.1 Å². The quantitative estimate of drug-likeness (QED) is 0.449. The van der Waals surface area contributed by atoms with Gasteiger partial charge in [0.05, 0.1) is 25.0 Å². The van der Waals surface area contributed by atoms with E-state index in [9.17, 15) is 27.6 Å². The first-order valence-electron chi connectivity index (χ1n) is 10.7. The summed E-state index contributed by atoms with van der Waals surface area (Å²) in [6.45, 7) is 2.33. The molecule has 194 valence electrons. The minimum atomic E-state index is -4.60. The van der Waals surface area contributed by atoms with Gasteiger partial charge in [0.25, 0.3) is 5.91 Å². The summed E-state index contributed by atoms with van der Waals surface area (Å²) >= 11 is 2.34. The number of halogens is 3. The lowest BCUT2D eigenvalue weighted by Gasteiger charge is -2.26. The molecule has 0 radical (unpaired) electrons. The Balaban J connectivity index is 1.54. The summed E-state index contributed by atoms with van der Waals surface area (Å²) in [6.07, 6.45) is -5.04. The number of alkyl halides is 3. The number of ether oxygens (including phenoxy) is 2. The Labute approximate surface area is 213 Å². The molecule has 8 nitrogen and oxygen atoms in total. The van der Waals surface area contributed by atoms with E-state index in [1.54, 1.807) is 18.9 Å². The van der Waals surface area contributed by atoms with Crippen molar-refractivity contribution < 1.29 is 37.0 Å². The van der Waals surface area contributed by atoms with Gasteiger partial charge < -0.3 is 19.7 Å². The zero-order chi connectivity index (χ0) is 26.5. The highest BCUT2D eigenvalue weighted by Gasteiger charge is 2.35.